The van der Waals surface area contributed by atoms with Crippen LogP contribution in [0.3, 0.4) is 0 Å². The molecule has 62 valence electrons. The smallest absolute Gasteiger partial charge is 0.169 e. The minimum Gasteiger partial charge on any atom is -0.261 e. The third-order valence-electron chi connectivity index (χ3n) is 1.60. The number of pyridine rings is 1. The van der Waals surface area contributed by atoms with Gasteiger partial charge >= 0.3 is 0 Å². The Morgan fingerprint density at radius 3 is 3.08 bits per heavy atom. The summed E-state index contributed by atoms with van der Waals surface area (Å²) >= 11 is 3.42. The molecule has 0 aromatic carbocycles. The predicted octanol–water partition coefficient (Wildman–Crippen LogP) is 3.18. The first-order chi connectivity index (χ1) is 5.83. The molecular weight excluding hydrogens is 243 g/mol. The van der Waals surface area contributed by atoms with Crippen molar-refractivity contribution in [1.29, 1.82) is 0 Å². The Morgan fingerprint density at radius 2 is 2.33 bits per heavy atom. The van der Waals surface area contributed by atoms with E-state index in [-0.39, 0.29) is 12.3 Å². The van der Waals surface area contributed by atoms with Gasteiger partial charge in [0.2, 0.25) is 0 Å². The molecular formula is C7H4BrFN2S. The molecule has 0 aliphatic rings. The molecule has 0 fully saturated rings. The fourth-order valence-electron chi connectivity index (χ4n) is 1.07. The molecule has 2 aromatic rings. The van der Waals surface area contributed by atoms with E-state index in [1.54, 1.807) is 12.4 Å². The van der Waals surface area contributed by atoms with Gasteiger partial charge in [0, 0.05) is 17.8 Å². The van der Waals surface area contributed by atoms with Crippen LogP contribution < -0.4 is 0 Å². The zero-order valence-electron chi connectivity index (χ0n) is 5.87. The van der Waals surface area contributed by atoms with Gasteiger partial charge in [-0.25, -0.2) is 4.98 Å². The lowest BCUT2D eigenvalue weighted by Gasteiger charge is -1.97. The van der Waals surface area contributed by atoms with Crippen molar-refractivity contribution < 1.29 is 3.89 Å². The second-order valence-electron chi connectivity index (χ2n) is 2.25. The number of nitrogens with zero attached hydrogens (tertiary/aromatic N) is 2. The molecule has 0 amide bonds. The second-order valence-corrected chi connectivity index (χ2v) is 3.53. The van der Waals surface area contributed by atoms with Crippen LogP contribution in [-0.4, -0.2) is 8.96 Å². The number of hydrogen-bond acceptors (Lipinski definition) is 2. The zero-order valence-corrected chi connectivity index (χ0v) is 8.27. The van der Waals surface area contributed by atoms with Crippen LogP contribution in [0.2, 0.25) is 0 Å². The molecule has 0 radical (unpaired) electrons. The van der Waals surface area contributed by atoms with Crippen molar-refractivity contribution in [2.24, 2.45) is 0 Å². The molecule has 0 saturated heterocycles. The average molecular weight is 247 g/mol. The maximum absolute atomic E-state index is 12.3. The van der Waals surface area contributed by atoms with Gasteiger partial charge in [-0.3, -0.25) is 3.97 Å². The summed E-state index contributed by atoms with van der Waals surface area (Å²) in [6.45, 7) is 0. The Balaban J connectivity index is 2.83. The van der Waals surface area contributed by atoms with Crippen molar-refractivity contribution in [1.82, 2.24) is 8.96 Å². The van der Waals surface area contributed by atoms with Gasteiger partial charge in [0.15, 0.2) is 12.3 Å². The maximum Gasteiger partial charge on any atom is 0.169 e. The highest BCUT2D eigenvalue weighted by Crippen LogP contribution is 2.26. The molecule has 0 spiro atoms. The quantitative estimate of drug-likeness (QED) is 0.720. The van der Waals surface area contributed by atoms with Gasteiger partial charge in [0.25, 0.3) is 0 Å². The lowest BCUT2D eigenvalue weighted by Crippen LogP contribution is -1.83. The van der Waals surface area contributed by atoms with Gasteiger partial charge in [-0.2, -0.15) is 0 Å². The van der Waals surface area contributed by atoms with Gasteiger partial charge in [-0.1, -0.05) is 0 Å². The summed E-state index contributed by atoms with van der Waals surface area (Å²) in [6, 6.07) is 3.68. The molecule has 0 atom stereocenters. The first-order valence-corrected chi connectivity index (χ1v) is 4.70. The Bertz CT molecular complexity index is 415. The normalized spacial score (nSPS) is 10.8. The van der Waals surface area contributed by atoms with E-state index in [2.05, 4.69) is 20.9 Å². The molecule has 2 heterocycles. The van der Waals surface area contributed by atoms with E-state index < -0.39 is 0 Å². The summed E-state index contributed by atoms with van der Waals surface area (Å²) in [5.74, 6) is 0. The van der Waals surface area contributed by atoms with E-state index >= 15 is 0 Å². The molecule has 0 aliphatic heterocycles. The molecule has 2 aromatic heterocycles. The third-order valence-corrected chi connectivity index (χ3v) is 2.63. The zero-order chi connectivity index (χ0) is 8.55. The Hall–Kier alpha value is -0.550. The minimum atomic E-state index is 0.166. The van der Waals surface area contributed by atoms with Crippen molar-refractivity contribution in [2.75, 3.05) is 0 Å². The highest BCUT2D eigenvalue weighted by molar-refractivity contribution is 9.10. The van der Waals surface area contributed by atoms with E-state index in [4.69, 9.17) is 0 Å². The maximum atomic E-state index is 12.3. The van der Waals surface area contributed by atoms with Gasteiger partial charge in [0.05, 0.1) is 5.52 Å². The van der Waals surface area contributed by atoms with Crippen LogP contribution in [0.1, 0.15) is 0 Å². The number of rotatable bonds is 1. The average Bonchev–Trinajstić information content (AvgIpc) is 2.49. The van der Waals surface area contributed by atoms with Gasteiger partial charge in [0.1, 0.15) is 4.60 Å². The van der Waals surface area contributed by atoms with Crippen LogP contribution in [0.4, 0.5) is 3.89 Å². The Morgan fingerprint density at radius 1 is 1.50 bits per heavy atom. The SMILES string of the molecule is FSn1ccc2ccnc(Br)c21. The monoisotopic (exact) mass is 246 g/mol. The van der Waals surface area contributed by atoms with Gasteiger partial charge in [-0.15, -0.1) is 3.89 Å². The Kier molecular flexibility index (Phi) is 2.06. The lowest BCUT2D eigenvalue weighted by atomic mass is 10.3. The minimum absolute atomic E-state index is 0.166. The molecule has 5 heteroatoms. The molecule has 0 unspecified atom stereocenters. The largest absolute Gasteiger partial charge is 0.261 e. The highest BCUT2D eigenvalue weighted by Gasteiger charge is 2.05. The van der Waals surface area contributed by atoms with Crippen molar-refractivity contribution >= 4 is 39.2 Å². The fraction of sp³-hybridized carbons (Fsp3) is 0. The van der Waals surface area contributed by atoms with Gasteiger partial charge in [-0.05, 0) is 28.1 Å². The summed E-state index contributed by atoms with van der Waals surface area (Å²) in [6.07, 6.45) is 3.35. The summed E-state index contributed by atoms with van der Waals surface area (Å²) in [4.78, 5) is 4.00. The molecule has 0 saturated carbocycles. The molecule has 0 bridgehead atoms. The van der Waals surface area contributed by atoms with E-state index in [0.29, 0.717) is 4.60 Å². The Labute approximate surface area is 81.3 Å². The first-order valence-electron chi connectivity index (χ1n) is 3.23. The lowest BCUT2D eigenvalue weighted by molar-refractivity contribution is 0.920. The van der Waals surface area contributed by atoms with Crippen LogP contribution in [0.25, 0.3) is 10.9 Å². The van der Waals surface area contributed by atoms with Crippen molar-refractivity contribution in [3.8, 4) is 0 Å². The van der Waals surface area contributed by atoms with Crippen molar-refractivity contribution in [3.05, 3.63) is 29.1 Å². The van der Waals surface area contributed by atoms with E-state index in [1.165, 1.54) is 3.97 Å². The number of halogens is 2. The predicted molar refractivity (Wildman–Crippen MR) is 51.5 cm³/mol. The van der Waals surface area contributed by atoms with Crippen LogP contribution >= 0.6 is 28.3 Å². The van der Waals surface area contributed by atoms with Gasteiger partial charge < -0.3 is 0 Å². The summed E-state index contributed by atoms with van der Waals surface area (Å²) < 4.78 is 14.4. The topological polar surface area (TPSA) is 17.8 Å². The molecule has 12 heavy (non-hydrogen) atoms. The van der Waals surface area contributed by atoms with E-state index in [0.717, 1.165) is 10.9 Å². The van der Waals surface area contributed by atoms with E-state index in [1.807, 2.05) is 12.1 Å². The molecule has 2 nitrogen and oxygen atoms in total. The number of aromatic nitrogens is 2. The fourth-order valence-corrected chi connectivity index (χ4v) is 2.10. The summed E-state index contributed by atoms with van der Waals surface area (Å²) in [5, 5.41) is 0.974. The summed E-state index contributed by atoms with van der Waals surface area (Å²) in [7, 11) is 0. The highest BCUT2D eigenvalue weighted by atomic mass is 79.9. The standard InChI is InChI=1S/C7H4BrFN2S/c8-7-6-5(1-3-10-7)2-4-11(6)12-9/h1-4H. The second kappa shape index (κ2) is 3.06. The molecule has 0 aliphatic carbocycles. The van der Waals surface area contributed by atoms with E-state index in [9.17, 15) is 3.89 Å². The summed E-state index contributed by atoms with van der Waals surface area (Å²) in [5.41, 5.74) is 0.769. The van der Waals surface area contributed by atoms with Crippen molar-refractivity contribution in [3.63, 3.8) is 0 Å². The first kappa shape index (κ1) is 8.07. The molecule has 0 N–H and O–H groups in total. The van der Waals surface area contributed by atoms with Crippen LogP contribution in [0.5, 0.6) is 0 Å². The molecule has 2 rings (SSSR count). The van der Waals surface area contributed by atoms with Crippen LogP contribution in [-0.2, 0) is 0 Å². The third kappa shape index (κ3) is 1.13. The van der Waals surface area contributed by atoms with Crippen LogP contribution in [0, 0.1) is 0 Å². The number of fused-ring (bicyclic) bond motifs is 1. The van der Waals surface area contributed by atoms with Crippen molar-refractivity contribution in [2.45, 2.75) is 0 Å². The van der Waals surface area contributed by atoms with Crippen LogP contribution in [0.15, 0.2) is 29.1 Å². The number of hydrogen-bond donors (Lipinski definition) is 0.